The second kappa shape index (κ2) is 4.24. The van der Waals surface area contributed by atoms with E-state index in [4.69, 9.17) is 9.78 Å². The molecule has 0 aromatic heterocycles. The maximum atomic E-state index is 5.28. The van der Waals surface area contributed by atoms with E-state index in [1.54, 1.807) is 0 Å². The van der Waals surface area contributed by atoms with Crippen molar-refractivity contribution in [3.8, 4) is 0 Å². The molecule has 72 valence electrons. The Morgan fingerprint density at radius 1 is 1.17 bits per heavy atom. The third-order valence-corrected chi connectivity index (χ3v) is 2.00. The Labute approximate surface area is 75.2 Å². The lowest BCUT2D eigenvalue weighted by molar-refractivity contribution is -0.333. The van der Waals surface area contributed by atoms with E-state index < -0.39 is 0 Å². The fourth-order valence-corrected chi connectivity index (χ4v) is 1.29. The Balaban J connectivity index is 2.02. The van der Waals surface area contributed by atoms with Gasteiger partial charge in [0.1, 0.15) is 0 Å². The van der Waals surface area contributed by atoms with Crippen LogP contribution in [0.15, 0.2) is 0 Å². The van der Waals surface area contributed by atoms with Gasteiger partial charge in [0.25, 0.3) is 0 Å². The summed E-state index contributed by atoms with van der Waals surface area (Å²) in [6.45, 7) is 7.12. The van der Waals surface area contributed by atoms with Gasteiger partial charge < -0.3 is 0 Å². The third-order valence-electron chi connectivity index (χ3n) is 2.00. The lowest BCUT2D eigenvalue weighted by Gasteiger charge is -2.18. The molecule has 1 fully saturated rings. The predicted molar refractivity (Wildman–Crippen MR) is 48.7 cm³/mol. The minimum absolute atomic E-state index is 0.207. The van der Waals surface area contributed by atoms with Crippen LogP contribution in [0.3, 0.4) is 0 Å². The molecule has 2 heteroatoms. The van der Waals surface area contributed by atoms with E-state index >= 15 is 0 Å². The summed E-state index contributed by atoms with van der Waals surface area (Å²) in [6, 6.07) is 0. The highest BCUT2D eigenvalue weighted by Gasteiger charge is 2.18. The molecule has 1 aliphatic rings. The maximum Gasteiger partial charge on any atom is 0.0930 e. The molecule has 0 unspecified atom stereocenters. The van der Waals surface area contributed by atoms with Crippen LogP contribution in [0.5, 0.6) is 0 Å². The Kier molecular flexibility index (Phi) is 3.53. The first kappa shape index (κ1) is 10.0. The van der Waals surface area contributed by atoms with Crippen molar-refractivity contribution in [2.45, 2.75) is 52.6 Å². The van der Waals surface area contributed by atoms with Crippen LogP contribution in [0.2, 0.25) is 0 Å². The average Bonchev–Trinajstić information content (AvgIpc) is 2.36. The lowest BCUT2D eigenvalue weighted by atomic mass is 9.99. The van der Waals surface area contributed by atoms with Crippen LogP contribution in [-0.4, -0.2) is 12.7 Å². The SMILES string of the molecule is CC(C)(C)COOC1CCCC1. The van der Waals surface area contributed by atoms with Crippen LogP contribution >= 0.6 is 0 Å². The standard InChI is InChI=1S/C10H20O2/c1-10(2,3)8-11-12-9-6-4-5-7-9/h9H,4-8H2,1-3H3. The van der Waals surface area contributed by atoms with Gasteiger partial charge in [-0.25, -0.2) is 9.78 Å². The molecule has 12 heavy (non-hydrogen) atoms. The van der Waals surface area contributed by atoms with Crippen LogP contribution in [-0.2, 0) is 9.78 Å². The smallest absolute Gasteiger partial charge is 0.0930 e. The van der Waals surface area contributed by atoms with Gasteiger partial charge in [-0.05, 0) is 18.3 Å². The van der Waals surface area contributed by atoms with E-state index in [-0.39, 0.29) is 5.41 Å². The summed E-state index contributed by atoms with van der Waals surface area (Å²) >= 11 is 0. The van der Waals surface area contributed by atoms with E-state index in [9.17, 15) is 0 Å². The van der Waals surface area contributed by atoms with Gasteiger partial charge in [-0.2, -0.15) is 0 Å². The van der Waals surface area contributed by atoms with E-state index in [2.05, 4.69) is 20.8 Å². The molecule has 2 nitrogen and oxygen atoms in total. The molecule has 0 amide bonds. The first-order valence-corrected chi connectivity index (χ1v) is 4.86. The number of hydrogen-bond acceptors (Lipinski definition) is 2. The average molecular weight is 172 g/mol. The zero-order valence-corrected chi connectivity index (χ0v) is 8.43. The second-order valence-electron chi connectivity index (χ2n) is 4.83. The van der Waals surface area contributed by atoms with Crippen molar-refractivity contribution in [2.24, 2.45) is 5.41 Å². The molecule has 0 atom stereocenters. The molecule has 1 saturated carbocycles. The van der Waals surface area contributed by atoms with E-state index in [1.165, 1.54) is 25.7 Å². The molecule has 0 bridgehead atoms. The Morgan fingerprint density at radius 2 is 1.75 bits per heavy atom. The molecule has 0 aromatic rings. The van der Waals surface area contributed by atoms with Crippen molar-refractivity contribution >= 4 is 0 Å². The quantitative estimate of drug-likeness (QED) is 0.481. The summed E-state index contributed by atoms with van der Waals surface area (Å²) in [4.78, 5) is 10.5. The Morgan fingerprint density at radius 3 is 2.25 bits per heavy atom. The third kappa shape index (κ3) is 4.07. The largest absolute Gasteiger partial charge is 0.236 e. The fourth-order valence-electron chi connectivity index (χ4n) is 1.29. The number of rotatable bonds is 3. The Bertz CT molecular complexity index is 120. The van der Waals surface area contributed by atoms with Gasteiger partial charge in [0.2, 0.25) is 0 Å². The van der Waals surface area contributed by atoms with Crippen LogP contribution in [0.4, 0.5) is 0 Å². The zero-order valence-electron chi connectivity index (χ0n) is 8.43. The highest BCUT2D eigenvalue weighted by Crippen LogP contribution is 2.22. The van der Waals surface area contributed by atoms with Gasteiger partial charge in [-0.1, -0.05) is 33.6 Å². The van der Waals surface area contributed by atoms with E-state index in [0.29, 0.717) is 12.7 Å². The van der Waals surface area contributed by atoms with Crippen molar-refractivity contribution in [1.82, 2.24) is 0 Å². The minimum Gasteiger partial charge on any atom is -0.236 e. The molecule has 0 spiro atoms. The van der Waals surface area contributed by atoms with Gasteiger partial charge in [-0.3, -0.25) is 0 Å². The van der Waals surface area contributed by atoms with Crippen molar-refractivity contribution in [3.05, 3.63) is 0 Å². The summed E-state index contributed by atoms with van der Waals surface area (Å²) in [5, 5.41) is 0. The van der Waals surface area contributed by atoms with Gasteiger partial charge in [-0.15, -0.1) is 0 Å². The van der Waals surface area contributed by atoms with Crippen molar-refractivity contribution < 1.29 is 9.78 Å². The molecule has 0 aliphatic heterocycles. The minimum atomic E-state index is 0.207. The van der Waals surface area contributed by atoms with Gasteiger partial charge in [0.15, 0.2) is 0 Å². The molecule has 1 rings (SSSR count). The molecule has 0 N–H and O–H groups in total. The first-order valence-electron chi connectivity index (χ1n) is 4.86. The van der Waals surface area contributed by atoms with E-state index in [0.717, 1.165) is 0 Å². The highest BCUT2D eigenvalue weighted by atomic mass is 17.2. The lowest BCUT2D eigenvalue weighted by Crippen LogP contribution is -2.18. The molecular weight excluding hydrogens is 152 g/mol. The van der Waals surface area contributed by atoms with Gasteiger partial charge in [0.05, 0.1) is 12.7 Å². The molecule has 0 heterocycles. The van der Waals surface area contributed by atoms with Crippen LogP contribution in [0.1, 0.15) is 46.5 Å². The molecule has 0 radical (unpaired) electrons. The van der Waals surface area contributed by atoms with Crippen LogP contribution in [0, 0.1) is 5.41 Å². The second-order valence-corrected chi connectivity index (χ2v) is 4.83. The fraction of sp³-hybridized carbons (Fsp3) is 1.00. The molecule has 0 saturated heterocycles. The zero-order chi connectivity index (χ0) is 9.03. The monoisotopic (exact) mass is 172 g/mol. The van der Waals surface area contributed by atoms with E-state index in [1.807, 2.05) is 0 Å². The van der Waals surface area contributed by atoms with Crippen LogP contribution < -0.4 is 0 Å². The highest BCUT2D eigenvalue weighted by molar-refractivity contribution is 4.65. The first-order chi connectivity index (χ1) is 5.58. The normalized spacial score (nSPS) is 20.2. The summed E-state index contributed by atoms with van der Waals surface area (Å²) in [5.74, 6) is 0. The van der Waals surface area contributed by atoms with Crippen molar-refractivity contribution in [2.75, 3.05) is 6.61 Å². The topological polar surface area (TPSA) is 18.5 Å². The molecular formula is C10H20O2. The molecule has 0 aromatic carbocycles. The summed E-state index contributed by atoms with van der Waals surface area (Å²) in [7, 11) is 0. The van der Waals surface area contributed by atoms with Crippen molar-refractivity contribution in [3.63, 3.8) is 0 Å². The maximum absolute atomic E-state index is 5.28. The van der Waals surface area contributed by atoms with Gasteiger partial charge in [0, 0.05) is 0 Å². The summed E-state index contributed by atoms with van der Waals surface area (Å²) in [6.07, 6.45) is 5.30. The Hall–Kier alpha value is -0.0800. The summed E-state index contributed by atoms with van der Waals surface area (Å²) in [5.41, 5.74) is 0.207. The predicted octanol–water partition coefficient (Wildman–Crippen LogP) is 2.92. The molecule has 1 aliphatic carbocycles. The van der Waals surface area contributed by atoms with Gasteiger partial charge >= 0.3 is 0 Å². The van der Waals surface area contributed by atoms with Crippen molar-refractivity contribution in [1.29, 1.82) is 0 Å². The number of hydrogen-bond donors (Lipinski definition) is 0. The summed E-state index contributed by atoms with van der Waals surface area (Å²) < 4.78 is 0. The van der Waals surface area contributed by atoms with Crippen LogP contribution in [0.25, 0.3) is 0 Å².